The standard InChI is InChI=1S/C23H23N5O3S/c1-15-8-7-9-16(2)22(15)30-13-19-25-26-23(28(19)18-10-5-4-6-11-18)32-14-20(29)24-21-12-17(3)27-31-21/h4-12H,13-14H2,1-3H3,(H,24,29). The Morgan fingerprint density at radius 1 is 1.06 bits per heavy atom. The highest BCUT2D eigenvalue weighted by atomic mass is 32.2. The number of aromatic nitrogens is 4. The molecule has 0 spiro atoms. The summed E-state index contributed by atoms with van der Waals surface area (Å²) < 4.78 is 13.0. The van der Waals surface area contributed by atoms with E-state index in [-0.39, 0.29) is 18.3 Å². The first-order chi connectivity index (χ1) is 15.5. The van der Waals surface area contributed by atoms with Crippen molar-refractivity contribution in [1.29, 1.82) is 0 Å². The van der Waals surface area contributed by atoms with Crippen LogP contribution < -0.4 is 10.1 Å². The Bertz CT molecular complexity index is 1200. The summed E-state index contributed by atoms with van der Waals surface area (Å²) in [5, 5.41) is 15.7. The summed E-state index contributed by atoms with van der Waals surface area (Å²) in [6.45, 7) is 6.07. The Balaban J connectivity index is 1.52. The van der Waals surface area contributed by atoms with Crippen LogP contribution in [0.1, 0.15) is 22.6 Å². The molecule has 4 rings (SSSR count). The summed E-state index contributed by atoms with van der Waals surface area (Å²) >= 11 is 1.28. The SMILES string of the molecule is Cc1cc(NC(=O)CSc2nnc(COc3c(C)cccc3C)n2-c2ccccc2)on1. The number of thioether (sulfide) groups is 1. The van der Waals surface area contributed by atoms with Crippen molar-refractivity contribution in [2.45, 2.75) is 32.5 Å². The number of anilines is 1. The van der Waals surface area contributed by atoms with E-state index in [2.05, 4.69) is 20.7 Å². The Kier molecular flexibility index (Phi) is 6.55. The van der Waals surface area contributed by atoms with Gasteiger partial charge < -0.3 is 9.26 Å². The van der Waals surface area contributed by atoms with Crippen LogP contribution in [0.25, 0.3) is 5.69 Å². The van der Waals surface area contributed by atoms with Crippen LogP contribution in [0.4, 0.5) is 5.88 Å². The van der Waals surface area contributed by atoms with E-state index >= 15 is 0 Å². The number of hydrogen-bond acceptors (Lipinski definition) is 7. The molecule has 0 saturated carbocycles. The van der Waals surface area contributed by atoms with Crippen molar-refractivity contribution in [3.63, 3.8) is 0 Å². The van der Waals surface area contributed by atoms with Crippen molar-refractivity contribution in [2.75, 3.05) is 11.1 Å². The number of ether oxygens (including phenoxy) is 1. The van der Waals surface area contributed by atoms with Crippen molar-refractivity contribution >= 4 is 23.6 Å². The summed E-state index contributed by atoms with van der Waals surface area (Å²) in [4.78, 5) is 12.3. The Hall–Kier alpha value is -3.59. The third kappa shape index (κ3) is 5.00. The van der Waals surface area contributed by atoms with Gasteiger partial charge in [0.25, 0.3) is 0 Å². The molecule has 0 bridgehead atoms. The third-order valence-corrected chi connectivity index (χ3v) is 5.62. The lowest BCUT2D eigenvalue weighted by atomic mass is 10.1. The summed E-state index contributed by atoms with van der Waals surface area (Å²) in [6, 6.07) is 17.5. The number of benzene rings is 2. The van der Waals surface area contributed by atoms with Crippen LogP contribution in [0.5, 0.6) is 5.75 Å². The smallest absolute Gasteiger partial charge is 0.237 e. The van der Waals surface area contributed by atoms with Crippen LogP contribution >= 0.6 is 11.8 Å². The van der Waals surface area contributed by atoms with Crippen LogP contribution in [0.15, 0.2) is 64.3 Å². The first-order valence-corrected chi connectivity index (χ1v) is 11.0. The molecule has 2 heterocycles. The molecule has 1 N–H and O–H groups in total. The highest BCUT2D eigenvalue weighted by Crippen LogP contribution is 2.26. The summed E-state index contributed by atoms with van der Waals surface area (Å²) in [6.07, 6.45) is 0. The van der Waals surface area contributed by atoms with E-state index in [1.807, 2.05) is 66.9 Å². The van der Waals surface area contributed by atoms with E-state index in [0.29, 0.717) is 22.6 Å². The van der Waals surface area contributed by atoms with Gasteiger partial charge in [-0.15, -0.1) is 10.2 Å². The molecule has 32 heavy (non-hydrogen) atoms. The fourth-order valence-corrected chi connectivity index (χ4v) is 3.98. The second-order valence-electron chi connectivity index (χ2n) is 7.25. The van der Waals surface area contributed by atoms with E-state index in [1.165, 1.54) is 11.8 Å². The molecular formula is C23H23N5O3S. The van der Waals surface area contributed by atoms with Crippen LogP contribution in [0, 0.1) is 20.8 Å². The molecule has 0 saturated heterocycles. The van der Waals surface area contributed by atoms with Crippen molar-refractivity contribution in [3.05, 3.63) is 77.2 Å². The van der Waals surface area contributed by atoms with Gasteiger partial charge in [0.15, 0.2) is 11.0 Å². The number of nitrogens with zero attached hydrogens (tertiary/aromatic N) is 4. The zero-order valence-electron chi connectivity index (χ0n) is 18.0. The van der Waals surface area contributed by atoms with Gasteiger partial charge in [-0.05, 0) is 44.0 Å². The lowest BCUT2D eigenvalue weighted by Gasteiger charge is -2.13. The number of para-hydroxylation sites is 2. The Morgan fingerprint density at radius 3 is 2.50 bits per heavy atom. The number of carbonyl (C=O) groups is 1. The van der Waals surface area contributed by atoms with E-state index in [0.717, 1.165) is 22.6 Å². The van der Waals surface area contributed by atoms with Gasteiger partial charge in [0.2, 0.25) is 11.8 Å². The third-order valence-electron chi connectivity index (χ3n) is 4.69. The highest BCUT2D eigenvalue weighted by Gasteiger charge is 2.17. The average molecular weight is 450 g/mol. The summed E-state index contributed by atoms with van der Waals surface area (Å²) in [5.74, 6) is 1.73. The fraction of sp³-hybridized carbons (Fsp3) is 0.217. The minimum atomic E-state index is -0.220. The molecule has 9 heteroatoms. The largest absolute Gasteiger partial charge is 0.485 e. The molecule has 1 amide bonds. The van der Waals surface area contributed by atoms with Gasteiger partial charge in [0, 0.05) is 11.8 Å². The predicted molar refractivity (Wildman–Crippen MR) is 122 cm³/mol. The number of aryl methyl sites for hydroxylation is 3. The second kappa shape index (κ2) is 9.69. The van der Waals surface area contributed by atoms with Gasteiger partial charge in [-0.1, -0.05) is 53.3 Å². The molecule has 0 atom stereocenters. The number of nitrogens with one attached hydrogen (secondary N) is 1. The van der Waals surface area contributed by atoms with E-state index < -0.39 is 0 Å². The number of rotatable bonds is 8. The van der Waals surface area contributed by atoms with Crippen LogP contribution in [-0.4, -0.2) is 31.6 Å². The van der Waals surface area contributed by atoms with Crippen molar-refractivity contribution < 1.29 is 14.1 Å². The van der Waals surface area contributed by atoms with E-state index in [4.69, 9.17) is 9.26 Å². The molecule has 0 aliphatic carbocycles. The molecule has 0 aliphatic rings. The van der Waals surface area contributed by atoms with E-state index in [1.54, 1.807) is 13.0 Å². The fourth-order valence-electron chi connectivity index (χ4n) is 3.21. The number of amides is 1. The van der Waals surface area contributed by atoms with Gasteiger partial charge in [0.05, 0.1) is 11.4 Å². The monoisotopic (exact) mass is 449 g/mol. The minimum absolute atomic E-state index is 0.141. The normalized spacial score (nSPS) is 10.8. The maximum absolute atomic E-state index is 12.3. The zero-order valence-corrected chi connectivity index (χ0v) is 18.8. The molecule has 0 fully saturated rings. The molecule has 0 unspecified atom stereocenters. The molecule has 2 aromatic carbocycles. The van der Waals surface area contributed by atoms with Gasteiger partial charge >= 0.3 is 0 Å². The second-order valence-corrected chi connectivity index (χ2v) is 8.19. The molecule has 164 valence electrons. The number of hydrogen-bond donors (Lipinski definition) is 1. The lowest BCUT2D eigenvalue weighted by Crippen LogP contribution is -2.14. The average Bonchev–Trinajstić information content (AvgIpc) is 3.38. The van der Waals surface area contributed by atoms with Crippen LogP contribution in [0.3, 0.4) is 0 Å². The van der Waals surface area contributed by atoms with Gasteiger partial charge in [0.1, 0.15) is 12.4 Å². The summed E-state index contributed by atoms with van der Waals surface area (Å²) in [5.41, 5.74) is 3.71. The Labute approximate surface area is 190 Å². The van der Waals surface area contributed by atoms with Gasteiger partial charge in [-0.3, -0.25) is 14.7 Å². The van der Waals surface area contributed by atoms with E-state index in [9.17, 15) is 4.79 Å². The molecular weight excluding hydrogens is 426 g/mol. The zero-order chi connectivity index (χ0) is 22.5. The van der Waals surface area contributed by atoms with Gasteiger partial charge in [-0.25, -0.2) is 0 Å². The predicted octanol–water partition coefficient (Wildman–Crippen LogP) is 4.49. The van der Waals surface area contributed by atoms with Crippen molar-refractivity contribution in [2.24, 2.45) is 0 Å². The highest BCUT2D eigenvalue weighted by molar-refractivity contribution is 7.99. The van der Waals surface area contributed by atoms with Crippen LogP contribution in [-0.2, 0) is 11.4 Å². The minimum Gasteiger partial charge on any atom is -0.485 e. The maximum Gasteiger partial charge on any atom is 0.237 e. The van der Waals surface area contributed by atoms with Crippen LogP contribution in [0.2, 0.25) is 0 Å². The maximum atomic E-state index is 12.3. The molecule has 4 aromatic rings. The molecule has 0 radical (unpaired) electrons. The molecule has 0 aliphatic heterocycles. The Morgan fingerprint density at radius 2 is 1.81 bits per heavy atom. The molecule has 2 aromatic heterocycles. The first kappa shape index (κ1) is 21.6. The lowest BCUT2D eigenvalue weighted by molar-refractivity contribution is -0.113. The quantitative estimate of drug-likeness (QED) is 0.396. The first-order valence-electron chi connectivity index (χ1n) is 10.1. The van der Waals surface area contributed by atoms with Crippen molar-refractivity contribution in [1.82, 2.24) is 19.9 Å². The van der Waals surface area contributed by atoms with Gasteiger partial charge in [-0.2, -0.15) is 0 Å². The molecule has 8 nitrogen and oxygen atoms in total. The number of carbonyl (C=O) groups excluding carboxylic acids is 1. The van der Waals surface area contributed by atoms with Crippen molar-refractivity contribution in [3.8, 4) is 11.4 Å². The topological polar surface area (TPSA) is 95.1 Å². The summed E-state index contributed by atoms with van der Waals surface area (Å²) in [7, 11) is 0.